The van der Waals surface area contributed by atoms with E-state index in [2.05, 4.69) is 132 Å². The smallest absolute Gasteiger partial charge is 0.135 e. The van der Waals surface area contributed by atoms with Crippen molar-refractivity contribution in [3.05, 3.63) is 163 Å². The third kappa shape index (κ3) is 4.28. The van der Waals surface area contributed by atoms with Crippen molar-refractivity contribution in [3.8, 4) is 33.4 Å². The summed E-state index contributed by atoms with van der Waals surface area (Å²) in [4.78, 5) is 2.49. The van der Waals surface area contributed by atoms with E-state index in [1.807, 2.05) is 24.3 Å². The van der Waals surface area contributed by atoms with Crippen LogP contribution in [0.2, 0.25) is 0 Å². The molecule has 7 aromatic carbocycles. The maximum atomic E-state index is 6.13. The molecule has 0 bridgehead atoms. The van der Waals surface area contributed by atoms with Gasteiger partial charge in [0.15, 0.2) is 0 Å². The van der Waals surface area contributed by atoms with Gasteiger partial charge >= 0.3 is 0 Å². The molecular weight excluding hydrogens is 574 g/mol. The molecule has 9 aromatic rings. The Bertz CT molecular complexity index is 2640. The SMILES string of the molecule is c1ccc(N2Cc3cc(-c4ccc5oc6ccccc6c5c4)ccc3-c3cc(-c4ccc5oc6ccccc6c5c4)ccc3C2)cc1. The highest BCUT2D eigenvalue weighted by molar-refractivity contribution is 6.07. The number of fused-ring (bicyclic) bond motifs is 9. The number of anilines is 1. The molecule has 10 rings (SSSR count). The number of nitrogens with zero attached hydrogens (tertiary/aromatic N) is 1. The zero-order valence-electron chi connectivity index (χ0n) is 25.6. The standard InChI is InChI=1S/C44H29NO2/c1-2-8-34(9-3-1)45-26-32-15-14-29(31-18-21-44-40(25-31)37-11-5-7-13-42(37)47-44)23-38(32)35-19-16-28(22-33(35)27-45)30-17-20-43-39(24-30)36-10-4-6-12-41(36)46-43/h1-25H,26-27H2. The van der Waals surface area contributed by atoms with Crippen LogP contribution in [-0.4, -0.2) is 0 Å². The Morgan fingerprint density at radius 2 is 0.872 bits per heavy atom. The average molecular weight is 604 g/mol. The minimum atomic E-state index is 0.820. The molecule has 3 nitrogen and oxygen atoms in total. The molecule has 0 amide bonds. The number of rotatable bonds is 3. The maximum absolute atomic E-state index is 6.13. The van der Waals surface area contributed by atoms with Crippen LogP contribution in [0.15, 0.2) is 160 Å². The summed E-state index contributed by atoms with van der Waals surface area (Å²) in [5.74, 6) is 0. The molecule has 0 saturated heterocycles. The van der Waals surface area contributed by atoms with E-state index in [-0.39, 0.29) is 0 Å². The first-order valence-electron chi connectivity index (χ1n) is 16.1. The van der Waals surface area contributed by atoms with Gasteiger partial charge < -0.3 is 13.7 Å². The van der Waals surface area contributed by atoms with Gasteiger partial charge in [-0.25, -0.2) is 0 Å². The fourth-order valence-electron chi connectivity index (χ4n) is 7.41. The first kappa shape index (κ1) is 26.2. The first-order chi connectivity index (χ1) is 23.2. The number of furan rings is 2. The summed E-state index contributed by atoms with van der Waals surface area (Å²) in [7, 11) is 0. The molecule has 2 aromatic heterocycles. The Labute approximate surface area is 271 Å². The first-order valence-corrected chi connectivity index (χ1v) is 16.1. The summed E-state index contributed by atoms with van der Waals surface area (Å²) in [6.45, 7) is 1.66. The van der Waals surface area contributed by atoms with Gasteiger partial charge in [-0.1, -0.05) is 91.0 Å². The molecule has 0 spiro atoms. The van der Waals surface area contributed by atoms with Crippen molar-refractivity contribution < 1.29 is 8.83 Å². The van der Waals surface area contributed by atoms with Crippen molar-refractivity contribution in [1.82, 2.24) is 0 Å². The normalized spacial score (nSPS) is 12.9. The monoisotopic (exact) mass is 603 g/mol. The van der Waals surface area contributed by atoms with Crippen LogP contribution in [0.25, 0.3) is 77.3 Å². The molecule has 47 heavy (non-hydrogen) atoms. The number of para-hydroxylation sites is 3. The predicted molar refractivity (Wildman–Crippen MR) is 194 cm³/mol. The van der Waals surface area contributed by atoms with Crippen LogP contribution >= 0.6 is 0 Å². The van der Waals surface area contributed by atoms with E-state index in [4.69, 9.17) is 8.83 Å². The highest BCUT2D eigenvalue weighted by Crippen LogP contribution is 2.41. The fraction of sp³-hybridized carbons (Fsp3) is 0.0455. The molecule has 0 aliphatic carbocycles. The lowest BCUT2D eigenvalue weighted by Crippen LogP contribution is -2.20. The lowest BCUT2D eigenvalue weighted by atomic mass is 9.90. The van der Waals surface area contributed by atoms with Gasteiger partial charge in [0.2, 0.25) is 0 Å². The maximum Gasteiger partial charge on any atom is 0.135 e. The second kappa shape index (κ2) is 10.2. The Balaban J connectivity index is 1.12. The van der Waals surface area contributed by atoms with Crippen molar-refractivity contribution >= 4 is 49.6 Å². The Morgan fingerprint density at radius 3 is 1.55 bits per heavy atom. The van der Waals surface area contributed by atoms with E-state index in [1.54, 1.807) is 0 Å². The minimum Gasteiger partial charge on any atom is -0.456 e. The topological polar surface area (TPSA) is 29.5 Å². The van der Waals surface area contributed by atoms with Gasteiger partial charge in [0.1, 0.15) is 22.3 Å². The van der Waals surface area contributed by atoms with Crippen LogP contribution in [-0.2, 0) is 13.1 Å². The van der Waals surface area contributed by atoms with Gasteiger partial charge in [0.25, 0.3) is 0 Å². The van der Waals surface area contributed by atoms with E-state index in [1.165, 1.54) is 50.2 Å². The van der Waals surface area contributed by atoms with Crippen molar-refractivity contribution in [1.29, 1.82) is 0 Å². The zero-order valence-corrected chi connectivity index (χ0v) is 25.6. The molecule has 3 heterocycles. The van der Waals surface area contributed by atoms with Crippen molar-refractivity contribution in [2.45, 2.75) is 13.1 Å². The average Bonchev–Trinajstić information content (AvgIpc) is 3.64. The lowest BCUT2D eigenvalue weighted by molar-refractivity contribution is 0.668. The van der Waals surface area contributed by atoms with E-state index in [9.17, 15) is 0 Å². The van der Waals surface area contributed by atoms with E-state index >= 15 is 0 Å². The molecule has 0 fully saturated rings. The Kier molecular flexibility index (Phi) is 5.70. The second-order valence-electron chi connectivity index (χ2n) is 12.6. The van der Waals surface area contributed by atoms with E-state index in [0.717, 1.165) is 57.0 Å². The number of hydrogen-bond acceptors (Lipinski definition) is 3. The highest BCUT2D eigenvalue weighted by Gasteiger charge is 2.22. The summed E-state index contributed by atoms with van der Waals surface area (Å²) in [5, 5.41) is 4.60. The van der Waals surface area contributed by atoms with E-state index in [0.29, 0.717) is 0 Å². The summed E-state index contributed by atoms with van der Waals surface area (Å²) in [5.41, 5.74) is 14.9. The molecular formula is C44H29NO2. The predicted octanol–water partition coefficient (Wildman–Crippen LogP) is 12.0. The third-order valence-electron chi connectivity index (χ3n) is 9.77. The van der Waals surface area contributed by atoms with Gasteiger partial charge in [0, 0.05) is 40.3 Å². The van der Waals surface area contributed by atoms with Gasteiger partial charge in [-0.2, -0.15) is 0 Å². The summed E-state index contributed by atoms with van der Waals surface area (Å²) in [6, 6.07) is 54.4. The van der Waals surface area contributed by atoms with Crippen molar-refractivity contribution in [2.75, 3.05) is 4.90 Å². The molecule has 0 unspecified atom stereocenters. The Morgan fingerprint density at radius 1 is 0.362 bits per heavy atom. The van der Waals surface area contributed by atoms with Gasteiger partial charge in [-0.15, -0.1) is 0 Å². The zero-order chi connectivity index (χ0) is 30.9. The number of hydrogen-bond donors (Lipinski definition) is 0. The Hall–Kier alpha value is -6.06. The van der Waals surface area contributed by atoms with Crippen molar-refractivity contribution in [3.63, 3.8) is 0 Å². The molecule has 1 aliphatic rings. The van der Waals surface area contributed by atoms with Crippen LogP contribution in [0.3, 0.4) is 0 Å². The van der Waals surface area contributed by atoms with Crippen LogP contribution in [0.5, 0.6) is 0 Å². The molecule has 0 N–H and O–H groups in total. The van der Waals surface area contributed by atoms with Gasteiger partial charge in [0.05, 0.1) is 0 Å². The van der Waals surface area contributed by atoms with Crippen LogP contribution in [0.1, 0.15) is 11.1 Å². The van der Waals surface area contributed by atoms with Crippen LogP contribution in [0, 0.1) is 0 Å². The second-order valence-corrected chi connectivity index (χ2v) is 12.6. The van der Waals surface area contributed by atoms with Crippen molar-refractivity contribution in [2.24, 2.45) is 0 Å². The fourth-order valence-corrected chi connectivity index (χ4v) is 7.41. The quantitative estimate of drug-likeness (QED) is 0.201. The minimum absolute atomic E-state index is 0.820. The molecule has 3 heteroatoms. The van der Waals surface area contributed by atoms with Crippen LogP contribution < -0.4 is 4.90 Å². The van der Waals surface area contributed by atoms with Gasteiger partial charge in [-0.05, 0) is 105 Å². The molecule has 1 aliphatic heterocycles. The van der Waals surface area contributed by atoms with Crippen LogP contribution in [0.4, 0.5) is 5.69 Å². The molecule has 0 atom stereocenters. The third-order valence-corrected chi connectivity index (χ3v) is 9.77. The molecule has 0 radical (unpaired) electrons. The highest BCUT2D eigenvalue weighted by atomic mass is 16.3. The summed E-state index contributed by atoms with van der Waals surface area (Å²) < 4.78 is 12.3. The molecule has 0 saturated carbocycles. The number of benzene rings is 7. The largest absolute Gasteiger partial charge is 0.456 e. The van der Waals surface area contributed by atoms with Gasteiger partial charge in [-0.3, -0.25) is 0 Å². The summed E-state index contributed by atoms with van der Waals surface area (Å²) >= 11 is 0. The van der Waals surface area contributed by atoms with E-state index < -0.39 is 0 Å². The molecule has 222 valence electrons. The lowest BCUT2D eigenvalue weighted by Gasteiger charge is -2.24. The summed E-state index contributed by atoms with van der Waals surface area (Å²) in [6.07, 6.45) is 0.